The number of nitrogens with one attached hydrogen (secondary N) is 2. The summed E-state index contributed by atoms with van der Waals surface area (Å²) in [5.74, 6) is -0.303. The van der Waals surface area contributed by atoms with E-state index in [0.717, 1.165) is 18.4 Å². The summed E-state index contributed by atoms with van der Waals surface area (Å²) in [7, 11) is -2.23. The van der Waals surface area contributed by atoms with E-state index < -0.39 is 10.0 Å². The van der Waals surface area contributed by atoms with Gasteiger partial charge in [0.1, 0.15) is 0 Å². The Morgan fingerprint density at radius 3 is 2.58 bits per heavy atom. The Balaban J connectivity index is 1.91. The van der Waals surface area contributed by atoms with E-state index >= 15 is 0 Å². The van der Waals surface area contributed by atoms with Gasteiger partial charge in [0, 0.05) is 17.1 Å². The Morgan fingerprint density at radius 1 is 1.12 bits per heavy atom. The first-order valence-electron chi connectivity index (χ1n) is 7.49. The van der Waals surface area contributed by atoms with Crippen LogP contribution >= 0.6 is 11.6 Å². The molecule has 0 bridgehead atoms. The molecule has 0 aliphatic heterocycles. The van der Waals surface area contributed by atoms with E-state index in [4.69, 9.17) is 11.6 Å². The standard InChI is InChI=1S/C17H19ClN2O3S/c1-19-24(22,23)15-9-4-7-14(12-15)17(21)20-11-5-8-13-6-2-3-10-16(13)18/h2-4,6-7,9-10,12,19H,5,8,11H2,1H3,(H,20,21). The quantitative estimate of drug-likeness (QED) is 0.739. The number of halogens is 1. The minimum absolute atomic E-state index is 0.0636. The Morgan fingerprint density at radius 2 is 1.88 bits per heavy atom. The van der Waals surface area contributed by atoms with Gasteiger partial charge in [0.2, 0.25) is 10.0 Å². The molecule has 0 saturated heterocycles. The maximum atomic E-state index is 12.1. The first-order chi connectivity index (χ1) is 11.4. The second kappa shape index (κ2) is 8.28. The van der Waals surface area contributed by atoms with E-state index in [2.05, 4.69) is 10.0 Å². The monoisotopic (exact) mass is 366 g/mol. The summed E-state index contributed by atoms with van der Waals surface area (Å²) in [6, 6.07) is 13.5. The second-order valence-electron chi connectivity index (χ2n) is 5.19. The van der Waals surface area contributed by atoms with Gasteiger partial charge < -0.3 is 5.32 Å². The van der Waals surface area contributed by atoms with E-state index in [-0.39, 0.29) is 10.8 Å². The van der Waals surface area contributed by atoms with Crippen molar-refractivity contribution in [3.05, 3.63) is 64.7 Å². The predicted octanol–water partition coefficient (Wildman–Crippen LogP) is 2.61. The molecular formula is C17H19ClN2O3S. The van der Waals surface area contributed by atoms with Crippen molar-refractivity contribution >= 4 is 27.5 Å². The van der Waals surface area contributed by atoms with Crippen molar-refractivity contribution < 1.29 is 13.2 Å². The molecule has 2 aromatic carbocycles. The molecular weight excluding hydrogens is 348 g/mol. The zero-order valence-electron chi connectivity index (χ0n) is 13.3. The van der Waals surface area contributed by atoms with Gasteiger partial charge in [0.25, 0.3) is 5.91 Å². The van der Waals surface area contributed by atoms with Crippen LogP contribution in [0.4, 0.5) is 0 Å². The van der Waals surface area contributed by atoms with E-state index in [1.165, 1.54) is 19.2 Å². The fourth-order valence-corrected chi connectivity index (χ4v) is 3.21. The van der Waals surface area contributed by atoms with Crippen LogP contribution in [0.1, 0.15) is 22.3 Å². The lowest BCUT2D eigenvalue weighted by atomic mass is 10.1. The molecule has 0 aromatic heterocycles. The Kier molecular flexibility index (Phi) is 6.36. The van der Waals surface area contributed by atoms with Gasteiger partial charge in [-0.3, -0.25) is 4.79 Å². The van der Waals surface area contributed by atoms with Crippen molar-refractivity contribution in [2.75, 3.05) is 13.6 Å². The Hall–Kier alpha value is -1.89. The van der Waals surface area contributed by atoms with Crippen molar-refractivity contribution in [2.24, 2.45) is 0 Å². The topological polar surface area (TPSA) is 75.3 Å². The van der Waals surface area contributed by atoms with E-state index in [0.29, 0.717) is 17.1 Å². The SMILES string of the molecule is CNS(=O)(=O)c1cccc(C(=O)NCCCc2ccccc2Cl)c1. The van der Waals surface area contributed by atoms with Crippen LogP contribution in [0.3, 0.4) is 0 Å². The predicted molar refractivity (Wildman–Crippen MR) is 94.8 cm³/mol. The van der Waals surface area contributed by atoms with Crippen molar-refractivity contribution in [2.45, 2.75) is 17.7 Å². The highest BCUT2D eigenvalue weighted by Gasteiger charge is 2.14. The molecule has 7 heteroatoms. The highest BCUT2D eigenvalue weighted by atomic mass is 35.5. The summed E-state index contributed by atoms with van der Waals surface area (Å²) >= 11 is 6.09. The fraction of sp³-hybridized carbons (Fsp3) is 0.235. The average molecular weight is 367 g/mol. The fourth-order valence-electron chi connectivity index (χ4n) is 2.21. The number of hydrogen-bond donors (Lipinski definition) is 2. The summed E-state index contributed by atoms with van der Waals surface area (Å²) in [6.45, 7) is 0.479. The number of benzene rings is 2. The lowest BCUT2D eigenvalue weighted by Crippen LogP contribution is -2.25. The highest BCUT2D eigenvalue weighted by molar-refractivity contribution is 7.89. The van der Waals surface area contributed by atoms with Crippen molar-refractivity contribution in [1.29, 1.82) is 0 Å². The number of rotatable bonds is 7. The second-order valence-corrected chi connectivity index (χ2v) is 7.48. The molecule has 1 amide bonds. The number of sulfonamides is 1. The minimum atomic E-state index is -3.56. The number of amides is 1. The van der Waals surface area contributed by atoms with Gasteiger partial charge in [0.05, 0.1) is 4.90 Å². The zero-order chi connectivity index (χ0) is 17.6. The molecule has 2 N–H and O–H groups in total. The molecule has 0 atom stereocenters. The van der Waals surface area contributed by atoms with Crippen LogP contribution in [-0.4, -0.2) is 27.9 Å². The third kappa shape index (κ3) is 4.80. The average Bonchev–Trinajstić information content (AvgIpc) is 2.60. The maximum absolute atomic E-state index is 12.1. The van der Waals surface area contributed by atoms with Crippen LogP contribution in [-0.2, 0) is 16.4 Å². The highest BCUT2D eigenvalue weighted by Crippen LogP contribution is 2.16. The molecule has 2 rings (SSSR count). The minimum Gasteiger partial charge on any atom is -0.352 e. The number of hydrogen-bond acceptors (Lipinski definition) is 3. The lowest BCUT2D eigenvalue weighted by molar-refractivity contribution is 0.0953. The van der Waals surface area contributed by atoms with E-state index in [1.807, 2.05) is 24.3 Å². The van der Waals surface area contributed by atoms with Gasteiger partial charge >= 0.3 is 0 Å². The molecule has 0 saturated carbocycles. The van der Waals surface area contributed by atoms with Crippen LogP contribution in [0.2, 0.25) is 5.02 Å². The third-order valence-corrected chi connectivity index (χ3v) is 5.32. The van der Waals surface area contributed by atoms with Gasteiger partial charge in [-0.05, 0) is 49.7 Å². The van der Waals surface area contributed by atoms with E-state index in [9.17, 15) is 13.2 Å². The Labute approximate surface area is 147 Å². The largest absolute Gasteiger partial charge is 0.352 e. The van der Waals surface area contributed by atoms with Gasteiger partial charge in [-0.2, -0.15) is 0 Å². The van der Waals surface area contributed by atoms with Gasteiger partial charge in [-0.1, -0.05) is 35.9 Å². The van der Waals surface area contributed by atoms with E-state index in [1.54, 1.807) is 12.1 Å². The third-order valence-electron chi connectivity index (χ3n) is 3.54. The molecule has 0 aliphatic rings. The van der Waals surface area contributed by atoms with Crippen molar-refractivity contribution in [3.8, 4) is 0 Å². The molecule has 0 aliphatic carbocycles. The normalized spacial score (nSPS) is 11.2. The van der Waals surface area contributed by atoms with Gasteiger partial charge in [0.15, 0.2) is 0 Å². The van der Waals surface area contributed by atoms with Crippen molar-refractivity contribution in [3.63, 3.8) is 0 Å². The first kappa shape index (κ1) is 18.4. The molecule has 0 heterocycles. The molecule has 0 radical (unpaired) electrons. The molecule has 24 heavy (non-hydrogen) atoms. The van der Waals surface area contributed by atoms with Crippen LogP contribution in [0.25, 0.3) is 0 Å². The number of carbonyl (C=O) groups is 1. The Bertz CT molecular complexity index is 822. The van der Waals surface area contributed by atoms with Crippen LogP contribution < -0.4 is 10.0 Å². The summed E-state index contributed by atoms with van der Waals surface area (Å²) in [4.78, 5) is 12.2. The molecule has 2 aromatic rings. The summed E-state index contributed by atoms with van der Waals surface area (Å²) in [6.07, 6.45) is 1.50. The summed E-state index contributed by atoms with van der Waals surface area (Å²) in [5, 5.41) is 3.50. The molecule has 0 spiro atoms. The van der Waals surface area contributed by atoms with Gasteiger partial charge in [-0.15, -0.1) is 0 Å². The van der Waals surface area contributed by atoms with Crippen LogP contribution in [0.15, 0.2) is 53.4 Å². The molecule has 128 valence electrons. The number of carbonyl (C=O) groups excluding carboxylic acids is 1. The molecule has 5 nitrogen and oxygen atoms in total. The van der Waals surface area contributed by atoms with Gasteiger partial charge in [-0.25, -0.2) is 13.1 Å². The molecule has 0 fully saturated rings. The first-order valence-corrected chi connectivity index (χ1v) is 9.35. The van der Waals surface area contributed by atoms with Crippen molar-refractivity contribution in [1.82, 2.24) is 10.0 Å². The molecule has 0 unspecified atom stereocenters. The number of aryl methyl sites for hydroxylation is 1. The lowest BCUT2D eigenvalue weighted by Gasteiger charge is -2.08. The zero-order valence-corrected chi connectivity index (χ0v) is 14.8. The summed E-state index contributed by atoms with van der Waals surface area (Å²) < 4.78 is 25.8. The summed E-state index contributed by atoms with van der Waals surface area (Å²) in [5.41, 5.74) is 1.35. The maximum Gasteiger partial charge on any atom is 0.251 e. The smallest absolute Gasteiger partial charge is 0.251 e. The van der Waals surface area contributed by atoms with Crippen LogP contribution in [0.5, 0.6) is 0 Å². The van der Waals surface area contributed by atoms with Crippen LogP contribution in [0, 0.1) is 0 Å².